The molecule has 0 aromatic heterocycles. The van der Waals surface area contributed by atoms with Gasteiger partial charge in [-0.2, -0.15) is 0 Å². The predicted octanol–water partition coefficient (Wildman–Crippen LogP) is 0.552. The first-order chi connectivity index (χ1) is 9.33. The zero-order chi connectivity index (χ0) is 13.1. The Hall–Kier alpha value is -1.75. The number of hydrogen-bond donors (Lipinski definition) is 2. The van der Waals surface area contributed by atoms with E-state index in [2.05, 4.69) is 10.6 Å². The SMILES string of the molecule is O=C(NCC1CCNC1)C1COc2ccccc2O1. The van der Waals surface area contributed by atoms with Crippen LogP contribution in [-0.2, 0) is 4.79 Å². The molecule has 2 heterocycles. The highest BCUT2D eigenvalue weighted by atomic mass is 16.6. The monoisotopic (exact) mass is 262 g/mol. The fourth-order valence-electron chi connectivity index (χ4n) is 2.40. The molecular formula is C14H18N2O3. The molecule has 0 radical (unpaired) electrons. The maximum absolute atomic E-state index is 12.0. The number of rotatable bonds is 3. The van der Waals surface area contributed by atoms with Crippen LogP contribution >= 0.6 is 0 Å². The molecule has 102 valence electrons. The number of para-hydroxylation sites is 2. The average molecular weight is 262 g/mol. The first-order valence-corrected chi connectivity index (χ1v) is 6.70. The number of carbonyl (C=O) groups excluding carboxylic acids is 1. The van der Waals surface area contributed by atoms with E-state index in [0.717, 1.165) is 19.5 Å². The molecule has 1 aromatic rings. The molecule has 0 aliphatic carbocycles. The van der Waals surface area contributed by atoms with Crippen molar-refractivity contribution in [2.75, 3.05) is 26.2 Å². The molecule has 2 N–H and O–H groups in total. The molecule has 2 aliphatic rings. The number of fused-ring (bicyclic) bond motifs is 1. The van der Waals surface area contributed by atoms with E-state index < -0.39 is 6.10 Å². The summed E-state index contributed by atoms with van der Waals surface area (Å²) in [5.74, 6) is 1.77. The second-order valence-electron chi connectivity index (χ2n) is 4.97. The van der Waals surface area contributed by atoms with Gasteiger partial charge in [-0.05, 0) is 37.6 Å². The van der Waals surface area contributed by atoms with Crippen LogP contribution in [0.2, 0.25) is 0 Å². The summed E-state index contributed by atoms with van der Waals surface area (Å²) in [6.45, 7) is 2.99. The van der Waals surface area contributed by atoms with Crippen molar-refractivity contribution in [2.24, 2.45) is 5.92 Å². The lowest BCUT2D eigenvalue weighted by Crippen LogP contribution is -2.45. The molecule has 3 rings (SSSR count). The molecule has 1 fully saturated rings. The van der Waals surface area contributed by atoms with Gasteiger partial charge in [0.15, 0.2) is 11.5 Å². The van der Waals surface area contributed by atoms with Gasteiger partial charge in [-0.25, -0.2) is 0 Å². The Kier molecular flexibility index (Phi) is 3.55. The summed E-state index contributed by atoms with van der Waals surface area (Å²) in [5.41, 5.74) is 0. The third-order valence-electron chi connectivity index (χ3n) is 3.53. The Bertz CT molecular complexity index is 458. The Morgan fingerprint density at radius 3 is 3.00 bits per heavy atom. The second-order valence-corrected chi connectivity index (χ2v) is 4.97. The quantitative estimate of drug-likeness (QED) is 0.835. The van der Waals surface area contributed by atoms with E-state index in [1.807, 2.05) is 24.3 Å². The van der Waals surface area contributed by atoms with Gasteiger partial charge in [0.1, 0.15) is 6.61 Å². The average Bonchev–Trinajstić information content (AvgIpc) is 2.97. The van der Waals surface area contributed by atoms with Gasteiger partial charge in [0, 0.05) is 6.54 Å². The summed E-state index contributed by atoms with van der Waals surface area (Å²) in [5, 5.41) is 6.22. The van der Waals surface area contributed by atoms with E-state index in [1.165, 1.54) is 0 Å². The summed E-state index contributed by atoms with van der Waals surface area (Å²) in [6.07, 6.45) is 0.565. The minimum Gasteiger partial charge on any atom is -0.485 e. The van der Waals surface area contributed by atoms with Crippen molar-refractivity contribution in [3.63, 3.8) is 0 Å². The van der Waals surface area contributed by atoms with Gasteiger partial charge in [-0.1, -0.05) is 12.1 Å². The van der Waals surface area contributed by atoms with Crippen LogP contribution in [0.25, 0.3) is 0 Å². The first kappa shape index (κ1) is 12.3. The minimum absolute atomic E-state index is 0.0959. The zero-order valence-corrected chi connectivity index (χ0v) is 10.7. The molecule has 19 heavy (non-hydrogen) atoms. The Balaban J connectivity index is 1.54. The van der Waals surface area contributed by atoms with E-state index in [0.29, 0.717) is 24.0 Å². The molecule has 1 amide bonds. The van der Waals surface area contributed by atoms with E-state index in [9.17, 15) is 4.79 Å². The number of nitrogens with one attached hydrogen (secondary N) is 2. The number of ether oxygens (including phenoxy) is 2. The number of benzene rings is 1. The van der Waals surface area contributed by atoms with Crippen LogP contribution in [0.5, 0.6) is 11.5 Å². The topological polar surface area (TPSA) is 59.6 Å². The molecule has 1 saturated heterocycles. The van der Waals surface area contributed by atoms with Crippen molar-refractivity contribution < 1.29 is 14.3 Å². The number of amides is 1. The first-order valence-electron chi connectivity index (χ1n) is 6.70. The van der Waals surface area contributed by atoms with Gasteiger partial charge >= 0.3 is 0 Å². The smallest absolute Gasteiger partial charge is 0.264 e. The van der Waals surface area contributed by atoms with Crippen molar-refractivity contribution in [2.45, 2.75) is 12.5 Å². The summed E-state index contributed by atoms with van der Waals surface area (Å²) >= 11 is 0. The molecule has 2 unspecified atom stereocenters. The highest BCUT2D eigenvalue weighted by molar-refractivity contribution is 5.81. The van der Waals surface area contributed by atoms with E-state index >= 15 is 0 Å². The molecule has 5 heteroatoms. The third kappa shape index (κ3) is 2.81. The molecule has 0 spiro atoms. The summed E-state index contributed by atoms with van der Waals surface area (Å²) in [4.78, 5) is 12.0. The number of hydrogen-bond acceptors (Lipinski definition) is 4. The fourth-order valence-corrected chi connectivity index (χ4v) is 2.40. The molecule has 5 nitrogen and oxygen atoms in total. The van der Waals surface area contributed by atoms with Crippen LogP contribution in [0.4, 0.5) is 0 Å². The summed E-state index contributed by atoms with van der Waals surface area (Å²) < 4.78 is 11.2. The lowest BCUT2D eigenvalue weighted by Gasteiger charge is -2.25. The highest BCUT2D eigenvalue weighted by Crippen LogP contribution is 2.30. The largest absolute Gasteiger partial charge is 0.485 e. The standard InChI is InChI=1S/C14H18N2O3/c17-14(16-8-10-5-6-15-7-10)13-9-18-11-3-1-2-4-12(11)19-13/h1-4,10,13,15H,5-9H2,(H,16,17). The third-order valence-corrected chi connectivity index (χ3v) is 3.53. The minimum atomic E-state index is -0.552. The van der Waals surface area contributed by atoms with E-state index in [-0.39, 0.29) is 12.5 Å². The Labute approximate surface area is 112 Å². The van der Waals surface area contributed by atoms with Crippen LogP contribution in [0.15, 0.2) is 24.3 Å². The second kappa shape index (κ2) is 5.48. The molecular weight excluding hydrogens is 244 g/mol. The van der Waals surface area contributed by atoms with Crippen molar-refractivity contribution in [1.82, 2.24) is 10.6 Å². The predicted molar refractivity (Wildman–Crippen MR) is 70.3 cm³/mol. The van der Waals surface area contributed by atoms with Crippen molar-refractivity contribution in [1.29, 1.82) is 0 Å². The highest BCUT2D eigenvalue weighted by Gasteiger charge is 2.27. The Morgan fingerprint density at radius 2 is 2.21 bits per heavy atom. The normalized spacial score (nSPS) is 25.1. The maximum atomic E-state index is 12.0. The summed E-state index contributed by atoms with van der Waals surface area (Å²) in [7, 11) is 0. The maximum Gasteiger partial charge on any atom is 0.264 e. The van der Waals surface area contributed by atoms with Crippen molar-refractivity contribution in [3.8, 4) is 11.5 Å². The molecule has 2 aliphatic heterocycles. The lowest BCUT2D eigenvalue weighted by atomic mass is 10.1. The lowest BCUT2D eigenvalue weighted by molar-refractivity contribution is -0.130. The van der Waals surface area contributed by atoms with E-state index in [4.69, 9.17) is 9.47 Å². The van der Waals surface area contributed by atoms with Gasteiger partial charge in [0.25, 0.3) is 5.91 Å². The van der Waals surface area contributed by atoms with Crippen LogP contribution in [-0.4, -0.2) is 38.3 Å². The van der Waals surface area contributed by atoms with Crippen LogP contribution in [0.1, 0.15) is 6.42 Å². The van der Waals surface area contributed by atoms with Gasteiger partial charge in [0.2, 0.25) is 6.10 Å². The number of carbonyl (C=O) groups is 1. The molecule has 0 bridgehead atoms. The van der Waals surface area contributed by atoms with Gasteiger partial charge in [-0.3, -0.25) is 4.79 Å². The fraction of sp³-hybridized carbons (Fsp3) is 0.500. The van der Waals surface area contributed by atoms with Gasteiger partial charge < -0.3 is 20.1 Å². The van der Waals surface area contributed by atoms with Gasteiger partial charge in [-0.15, -0.1) is 0 Å². The van der Waals surface area contributed by atoms with Crippen molar-refractivity contribution >= 4 is 5.91 Å². The van der Waals surface area contributed by atoms with Crippen LogP contribution < -0.4 is 20.1 Å². The zero-order valence-electron chi connectivity index (χ0n) is 10.7. The molecule has 2 atom stereocenters. The van der Waals surface area contributed by atoms with E-state index in [1.54, 1.807) is 0 Å². The van der Waals surface area contributed by atoms with Crippen molar-refractivity contribution in [3.05, 3.63) is 24.3 Å². The molecule has 0 saturated carbocycles. The van der Waals surface area contributed by atoms with Crippen LogP contribution in [0, 0.1) is 5.92 Å². The van der Waals surface area contributed by atoms with Gasteiger partial charge in [0.05, 0.1) is 0 Å². The molecule has 1 aromatic carbocycles. The van der Waals surface area contributed by atoms with Crippen LogP contribution in [0.3, 0.4) is 0 Å². The Morgan fingerprint density at radius 1 is 1.37 bits per heavy atom. The summed E-state index contributed by atoms with van der Waals surface area (Å²) in [6, 6.07) is 7.41.